The van der Waals surface area contributed by atoms with E-state index in [9.17, 15) is 14.9 Å². The first-order chi connectivity index (χ1) is 11.3. The zero-order chi connectivity index (χ0) is 17.9. The number of anilines is 1. The van der Waals surface area contributed by atoms with Crippen LogP contribution in [0.4, 0.5) is 11.4 Å². The van der Waals surface area contributed by atoms with E-state index in [0.717, 1.165) is 16.7 Å². The third-order valence-corrected chi connectivity index (χ3v) is 3.57. The molecular weight excluding hydrogens is 308 g/mol. The molecule has 0 radical (unpaired) electrons. The van der Waals surface area contributed by atoms with Crippen LogP contribution in [-0.4, -0.2) is 16.9 Å². The molecule has 0 saturated heterocycles. The lowest BCUT2D eigenvalue weighted by Crippen LogP contribution is -2.30. The number of amides is 1. The minimum atomic E-state index is -0.732. The van der Waals surface area contributed by atoms with Gasteiger partial charge in [-0.3, -0.25) is 14.9 Å². The van der Waals surface area contributed by atoms with Gasteiger partial charge in [0.2, 0.25) is 0 Å². The molecule has 24 heavy (non-hydrogen) atoms. The van der Waals surface area contributed by atoms with E-state index in [1.807, 2.05) is 32.0 Å². The SMILES string of the molecule is Cc1cc(C)cc(OC(C)C(=O)Nc2cc([N+](=O)[O-])ccc2C)c1. The fourth-order valence-corrected chi connectivity index (χ4v) is 2.35. The third kappa shape index (κ3) is 4.32. The summed E-state index contributed by atoms with van der Waals surface area (Å²) in [5.41, 5.74) is 3.18. The van der Waals surface area contributed by atoms with E-state index >= 15 is 0 Å². The number of carbonyl (C=O) groups is 1. The van der Waals surface area contributed by atoms with Crippen molar-refractivity contribution >= 4 is 17.3 Å². The summed E-state index contributed by atoms with van der Waals surface area (Å²) in [6, 6.07) is 10.1. The van der Waals surface area contributed by atoms with Gasteiger partial charge in [0, 0.05) is 12.1 Å². The van der Waals surface area contributed by atoms with Crippen molar-refractivity contribution in [1.82, 2.24) is 0 Å². The monoisotopic (exact) mass is 328 g/mol. The maximum absolute atomic E-state index is 12.3. The number of ether oxygens (including phenoxy) is 1. The lowest BCUT2D eigenvalue weighted by molar-refractivity contribution is -0.384. The van der Waals surface area contributed by atoms with Crippen LogP contribution in [0.25, 0.3) is 0 Å². The molecule has 2 aromatic carbocycles. The van der Waals surface area contributed by atoms with Gasteiger partial charge in [-0.2, -0.15) is 0 Å². The van der Waals surface area contributed by atoms with E-state index < -0.39 is 11.0 Å². The molecule has 0 aromatic heterocycles. The molecule has 0 spiro atoms. The van der Waals surface area contributed by atoms with Crippen LogP contribution >= 0.6 is 0 Å². The van der Waals surface area contributed by atoms with Crippen LogP contribution in [0.3, 0.4) is 0 Å². The number of nitro benzene ring substituents is 1. The highest BCUT2D eigenvalue weighted by molar-refractivity contribution is 5.95. The number of carbonyl (C=O) groups excluding carboxylic acids is 1. The Hall–Kier alpha value is -2.89. The van der Waals surface area contributed by atoms with Crippen LogP contribution in [0, 0.1) is 30.9 Å². The summed E-state index contributed by atoms with van der Waals surface area (Å²) in [7, 11) is 0. The van der Waals surface area contributed by atoms with E-state index in [4.69, 9.17) is 4.74 Å². The van der Waals surface area contributed by atoms with Crippen molar-refractivity contribution in [3.05, 3.63) is 63.2 Å². The summed E-state index contributed by atoms with van der Waals surface area (Å²) in [5, 5.41) is 13.5. The molecular formula is C18H20N2O4. The molecule has 0 aliphatic carbocycles. The molecule has 0 heterocycles. The van der Waals surface area contributed by atoms with Gasteiger partial charge in [-0.05, 0) is 56.5 Å². The van der Waals surface area contributed by atoms with E-state index in [1.54, 1.807) is 19.9 Å². The predicted octanol–water partition coefficient (Wildman–Crippen LogP) is 3.93. The number of aryl methyl sites for hydroxylation is 3. The molecule has 126 valence electrons. The van der Waals surface area contributed by atoms with Crippen molar-refractivity contribution < 1.29 is 14.5 Å². The van der Waals surface area contributed by atoms with Crippen LogP contribution in [0.1, 0.15) is 23.6 Å². The van der Waals surface area contributed by atoms with Crippen LogP contribution in [0.15, 0.2) is 36.4 Å². The largest absolute Gasteiger partial charge is 0.481 e. The smallest absolute Gasteiger partial charge is 0.271 e. The molecule has 0 aliphatic rings. The number of nitro groups is 1. The summed E-state index contributed by atoms with van der Waals surface area (Å²) in [6.45, 7) is 7.32. The number of hydrogen-bond donors (Lipinski definition) is 1. The van der Waals surface area contributed by atoms with Gasteiger partial charge in [0.1, 0.15) is 5.75 Å². The van der Waals surface area contributed by atoms with Gasteiger partial charge >= 0.3 is 0 Å². The molecule has 2 aromatic rings. The second kappa shape index (κ2) is 7.12. The third-order valence-electron chi connectivity index (χ3n) is 3.57. The fourth-order valence-electron chi connectivity index (χ4n) is 2.35. The average Bonchev–Trinajstić information content (AvgIpc) is 2.48. The Kier molecular flexibility index (Phi) is 5.18. The molecule has 0 aliphatic heterocycles. The molecule has 2 rings (SSSR count). The number of hydrogen-bond acceptors (Lipinski definition) is 4. The fraction of sp³-hybridized carbons (Fsp3) is 0.278. The predicted molar refractivity (Wildman–Crippen MR) is 92.5 cm³/mol. The summed E-state index contributed by atoms with van der Waals surface area (Å²) < 4.78 is 5.68. The highest BCUT2D eigenvalue weighted by Gasteiger charge is 2.17. The topological polar surface area (TPSA) is 81.5 Å². The normalized spacial score (nSPS) is 11.7. The maximum Gasteiger partial charge on any atom is 0.271 e. The Morgan fingerprint density at radius 3 is 2.33 bits per heavy atom. The first-order valence-electron chi connectivity index (χ1n) is 7.57. The summed E-state index contributed by atoms with van der Waals surface area (Å²) >= 11 is 0. The van der Waals surface area contributed by atoms with Gasteiger partial charge in [0.15, 0.2) is 6.10 Å². The Morgan fingerprint density at radius 1 is 1.12 bits per heavy atom. The second-order valence-electron chi connectivity index (χ2n) is 5.83. The Morgan fingerprint density at radius 2 is 1.75 bits per heavy atom. The molecule has 1 N–H and O–H groups in total. The van der Waals surface area contributed by atoms with Gasteiger partial charge in [-0.15, -0.1) is 0 Å². The highest BCUT2D eigenvalue weighted by atomic mass is 16.6. The second-order valence-corrected chi connectivity index (χ2v) is 5.83. The maximum atomic E-state index is 12.3. The standard InChI is InChI=1S/C18H20N2O4/c1-11-7-12(2)9-16(8-11)24-14(4)18(21)19-17-10-15(20(22)23)6-5-13(17)3/h5-10,14H,1-4H3,(H,19,21). The summed E-state index contributed by atoms with van der Waals surface area (Å²) in [4.78, 5) is 22.7. The van der Waals surface area contributed by atoms with Crippen LogP contribution in [0.5, 0.6) is 5.75 Å². The van der Waals surface area contributed by atoms with Gasteiger partial charge in [-0.1, -0.05) is 12.1 Å². The number of benzene rings is 2. The van der Waals surface area contributed by atoms with Crippen molar-refractivity contribution in [2.24, 2.45) is 0 Å². The molecule has 1 atom stereocenters. The number of nitrogens with one attached hydrogen (secondary N) is 1. The van der Waals surface area contributed by atoms with Gasteiger partial charge < -0.3 is 10.1 Å². The number of rotatable bonds is 5. The zero-order valence-corrected chi connectivity index (χ0v) is 14.1. The molecule has 0 fully saturated rings. The van der Waals surface area contributed by atoms with Crippen LogP contribution in [-0.2, 0) is 4.79 Å². The van der Waals surface area contributed by atoms with Crippen LogP contribution < -0.4 is 10.1 Å². The zero-order valence-electron chi connectivity index (χ0n) is 14.1. The Balaban J connectivity index is 2.11. The summed E-state index contributed by atoms with van der Waals surface area (Å²) in [6.07, 6.45) is -0.732. The first-order valence-corrected chi connectivity index (χ1v) is 7.57. The molecule has 6 nitrogen and oxygen atoms in total. The van der Waals surface area contributed by atoms with Crippen molar-refractivity contribution in [3.8, 4) is 5.75 Å². The van der Waals surface area contributed by atoms with E-state index in [0.29, 0.717) is 11.4 Å². The molecule has 1 unspecified atom stereocenters. The quantitative estimate of drug-likeness (QED) is 0.666. The lowest BCUT2D eigenvalue weighted by Gasteiger charge is -2.16. The highest BCUT2D eigenvalue weighted by Crippen LogP contribution is 2.23. The Bertz CT molecular complexity index is 766. The van der Waals surface area contributed by atoms with E-state index in [-0.39, 0.29) is 11.6 Å². The minimum Gasteiger partial charge on any atom is -0.481 e. The minimum absolute atomic E-state index is 0.0706. The lowest BCUT2D eigenvalue weighted by atomic mass is 10.1. The van der Waals surface area contributed by atoms with Crippen molar-refractivity contribution in [2.45, 2.75) is 33.8 Å². The van der Waals surface area contributed by atoms with Crippen molar-refractivity contribution in [1.29, 1.82) is 0 Å². The molecule has 0 saturated carbocycles. The number of non-ortho nitro benzene ring substituents is 1. The van der Waals surface area contributed by atoms with E-state index in [2.05, 4.69) is 5.32 Å². The first kappa shape index (κ1) is 17.5. The van der Waals surface area contributed by atoms with Gasteiger partial charge in [-0.25, -0.2) is 0 Å². The molecule has 6 heteroatoms. The number of nitrogens with zero attached hydrogens (tertiary/aromatic N) is 1. The summed E-state index contributed by atoms with van der Waals surface area (Å²) in [5.74, 6) is 0.253. The van der Waals surface area contributed by atoms with Gasteiger partial charge in [0.05, 0.1) is 10.6 Å². The average molecular weight is 328 g/mol. The van der Waals surface area contributed by atoms with Crippen molar-refractivity contribution in [3.63, 3.8) is 0 Å². The van der Waals surface area contributed by atoms with Gasteiger partial charge in [0.25, 0.3) is 11.6 Å². The van der Waals surface area contributed by atoms with Crippen LogP contribution in [0.2, 0.25) is 0 Å². The van der Waals surface area contributed by atoms with Crippen molar-refractivity contribution in [2.75, 3.05) is 5.32 Å². The Labute approximate surface area is 140 Å². The molecule has 0 bridgehead atoms. The van der Waals surface area contributed by atoms with E-state index in [1.165, 1.54) is 12.1 Å². The molecule has 1 amide bonds.